The largest absolute Gasteiger partial charge is 0.348 e. The zero-order chi connectivity index (χ0) is 19.8. The highest BCUT2D eigenvalue weighted by Gasteiger charge is 2.17. The molecule has 0 saturated carbocycles. The minimum absolute atomic E-state index is 0.109. The number of benzene rings is 1. The predicted molar refractivity (Wildman–Crippen MR) is 114 cm³/mol. The van der Waals surface area contributed by atoms with E-state index in [1.807, 2.05) is 30.7 Å². The molecular weight excluding hydrogens is 382 g/mol. The van der Waals surface area contributed by atoms with Crippen LogP contribution in [-0.2, 0) is 13.6 Å². The van der Waals surface area contributed by atoms with E-state index in [9.17, 15) is 9.59 Å². The van der Waals surface area contributed by atoms with E-state index < -0.39 is 5.91 Å². The molecule has 0 aliphatic rings. The van der Waals surface area contributed by atoms with Gasteiger partial charge in [0, 0.05) is 37.1 Å². The Bertz CT molecular complexity index is 863. The number of aryl methyl sites for hydroxylation is 1. The number of carbonyl (C=O) groups is 1. The summed E-state index contributed by atoms with van der Waals surface area (Å²) in [7, 11) is 1.83. The van der Waals surface area contributed by atoms with Gasteiger partial charge in [-0.05, 0) is 24.2 Å². The Morgan fingerprint density at radius 3 is 2.67 bits per heavy atom. The Kier molecular flexibility index (Phi) is 8.16. The lowest BCUT2D eigenvalue weighted by molar-refractivity contribution is 0.0949. The van der Waals surface area contributed by atoms with Crippen molar-refractivity contribution in [2.24, 2.45) is 7.05 Å². The summed E-state index contributed by atoms with van der Waals surface area (Å²) in [6, 6.07) is 7.19. The van der Waals surface area contributed by atoms with Gasteiger partial charge < -0.3 is 15.2 Å². The van der Waals surface area contributed by atoms with E-state index in [-0.39, 0.29) is 11.0 Å². The highest BCUT2D eigenvalue weighted by molar-refractivity contribution is 7.99. The van der Waals surface area contributed by atoms with Crippen LogP contribution in [0.5, 0.6) is 0 Å². The highest BCUT2D eigenvalue weighted by atomic mass is 35.5. The average Bonchev–Trinajstić information content (AvgIpc) is 2.66. The standard InChI is InChI=1S/C20H24ClN3O2S/c1-4-16-18(25)17(13-24(3)20(16)27-11-10-22-5-2)19(26)23-12-14-6-8-15(21)9-7-14/h4,6-9,13,22H,1,5,10-12H2,2-3H3,(H,23,26). The van der Waals surface area contributed by atoms with Crippen molar-refractivity contribution < 1.29 is 4.79 Å². The molecule has 1 aromatic carbocycles. The summed E-state index contributed by atoms with van der Waals surface area (Å²) >= 11 is 7.43. The Morgan fingerprint density at radius 2 is 2.04 bits per heavy atom. The van der Waals surface area contributed by atoms with Gasteiger partial charge in [-0.1, -0.05) is 43.3 Å². The molecule has 0 spiro atoms. The first kappa shape index (κ1) is 21.3. The quantitative estimate of drug-likeness (QED) is 0.496. The minimum atomic E-state index is -0.405. The van der Waals surface area contributed by atoms with Gasteiger partial charge in [0.2, 0.25) is 5.43 Å². The van der Waals surface area contributed by atoms with Gasteiger partial charge in [-0.2, -0.15) is 0 Å². The molecule has 0 unspecified atom stereocenters. The van der Waals surface area contributed by atoms with Gasteiger partial charge >= 0.3 is 0 Å². The van der Waals surface area contributed by atoms with Crippen molar-refractivity contribution in [3.63, 3.8) is 0 Å². The molecule has 0 aliphatic carbocycles. The first-order valence-corrected chi connectivity index (χ1v) is 10.1. The van der Waals surface area contributed by atoms with E-state index in [1.54, 1.807) is 30.1 Å². The molecule has 0 aliphatic heterocycles. The Labute approximate surface area is 168 Å². The van der Waals surface area contributed by atoms with Gasteiger partial charge in [0.05, 0.1) is 10.6 Å². The average molecular weight is 406 g/mol. The lowest BCUT2D eigenvalue weighted by Gasteiger charge is -2.14. The molecule has 0 radical (unpaired) electrons. The molecule has 1 heterocycles. The molecule has 2 aromatic rings. The lowest BCUT2D eigenvalue weighted by Crippen LogP contribution is -2.30. The van der Waals surface area contributed by atoms with Crippen LogP contribution in [0.15, 0.2) is 46.9 Å². The van der Waals surface area contributed by atoms with Gasteiger partial charge in [-0.3, -0.25) is 9.59 Å². The summed E-state index contributed by atoms with van der Waals surface area (Å²) in [6.45, 7) is 7.87. The Morgan fingerprint density at radius 1 is 1.33 bits per heavy atom. The predicted octanol–water partition coefficient (Wildman–Crippen LogP) is 3.31. The van der Waals surface area contributed by atoms with Gasteiger partial charge in [0.1, 0.15) is 5.56 Å². The van der Waals surface area contributed by atoms with Crippen LogP contribution in [0.2, 0.25) is 5.02 Å². The van der Waals surface area contributed by atoms with Crippen LogP contribution in [0.3, 0.4) is 0 Å². The van der Waals surface area contributed by atoms with Gasteiger partial charge in [0.25, 0.3) is 5.91 Å². The number of hydrogen-bond donors (Lipinski definition) is 2. The molecule has 2 rings (SSSR count). The first-order valence-electron chi connectivity index (χ1n) is 8.70. The van der Waals surface area contributed by atoms with Crippen molar-refractivity contribution >= 4 is 35.3 Å². The maximum absolute atomic E-state index is 12.8. The topological polar surface area (TPSA) is 63.1 Å². The molecular formula is C20H24ClN3O2S. The summed E-state index contributed by atoms with van der Waals surface area (Å²) in [4.78, 5) is 25.3. The van der Waals surface area contributed by atoms with Gasteiger partial charge in [0.15, 0.2) is 0 Å². The van der Waals surface area contributed by atoms with Crippen molar-refractivity contribution in [3.8, 4) is 0 Å². The van der Waals surface area contributed by atoms with Crippen molar-refractivity contribution in [2.45, 2.75) is 18.5 Å². The van der Waals surface area contributed by atoms with Crippen molar-refractivity contribution in [1.82, 2.24) is 15.2 Å². The molecule has 27 heavy (non-hydrogen) atoms. The zero-order valence-electron chi connectivity index (χ0n) is 15.5. The van der Waals surface area contributed by atoms with E-state index in [4.69, 9.17) is 11.6 Å². The third-order valence-corrected chi connectivity index (χ3v) is 5.39. The summed E-state index contributed by atoms with van der Waals surface area (Å²) in [5, 5.41) is 7.48. The Hall–Kier alpha value is -2.02. The van der Waals surface area contributed by atoms with Crippen molar-refractivity contribution in [2.75, 3.05) is 18.8 Å². The summed E-state index contributed by atoms with van der Waals surface area (Å²) < 4.78 is 1.81. The fourth-order valence-electron chi connectivity index (χ4n) is 2.54. The van der Waals surface area contributed by atoms with Crippen LogP contribution < -0.4 is 16.1 Å². The minimum Gasteiger partial charge on any atom is -0.348 e. The number of nitrogens with one attached hydrogen (secondary N) is 2. The SMILES string of the molecule is C=Cc1c(SCCNCC)n(C)cc(C(=O)NCc2ccc(Cl)cc2)c1=O. The van der Waals surface area contributed by atoms with E-state index in [0.29, 0.717) is 17.1 Å². The molecule has 1 aromatic heterocycles. The van der Waals surface area contributed by atoms with E-state index in [0.717, 1.165) is 29.4 Å². The number of thioether (sulfide) groups is 1. The second-order valence-corrected chi connectivity index (χ2v) is 7.44. The van der Waals surface area contributed by atoms with E-state index in [1.165, 1.54) is 6.08 Å². The first-order chi connectivity index (χ1) is 13.0. The van der Waals surface area contributed by atoms with E-state index >= 15 is 0 Å². The van der Waals surface area contributed by atoms with Crippen LogP contribution in [0, 0.1) is 0 Å². The number of nitrogens with zero attached hydrogens (tertiary/aromatic N) is 1. The number of amides is 1. The molecule has 7 heteroatoms. The number of aromatic nitrogens is 1. The monoisotopic (exact) mass is 405 g/mol. The van der Waals surface area contributed by atoms with Crippen molar-refractivity contribution in [3.05, 3.63) is 69.0 Å². The molecule has 1 amide bonds. The smallest absolute Gasteiger partial charge is 0.257 e. The molecule has 0 bridgehead atoms. The maximum atomic E-state index is 12.8. The molecule has 144 valence electrons. The second-order valence-electron chi connectivity index (χ2n) is 5.92. The number of rotatable bonds is 9. The molecule has 0 saturated heterocycles. The molecule has 2 N–H and O–H groups in total. The van der Waals surface area contributed by atoms with Crippen LogP contribution in [0.4, 0.5) is 0 Å². The Balaban J connectivity index is 2.17. The fraction of sp³-hybridized carbons (Fsp3) is 0.300. The highest BCUT2D eigenvalue weighted by Crippen LogP contribution is 2.21. The van der Waals surface area contributed by atoms with Crippen LogP contribution in [0.25, 0.3) is 6.08 Å². The lowest BCUT2D eigenvalue weighted by atomic mass is 10.1. The fourth-order valence-corrected chi connectivity index (χ4v) is 3.69. The second kappa shape index (κ2) is 10.3. The number of halogens is 1. The van der Waals surface area contributed by atoms with Gasteiger partial charge in [-0.15, -0.1) is 11.8 Å². The van der Waals surface area contributed by atoms with Crippen molar-refractivity contribution in [1.29, 1.82) is 0 Å². The molecule has 5 nitrogen and oxygen atoms in total. The van der Waals surface area contributed by atoms with E-state index in [2.05, 4.69) is 17.2 Å². The summed E-state index contributed by atoms with van der Waals surface area (Å²) in [6.07, 6.45) is 3.11. The van der Waals surface area contributed by atoms with Gasteiger partial charge in [-0.25, -0.2) is 0 Å². The number of hydrogen-bond acceptors (Lipinski definition) is 4. The number of carbonyl (C=O) groups excluding carboxylic acids is 1. The third-order valence-electron chi connectivity index (χ3n) is 3.95. The normalized spacial score (nSPS) is 10.6. The third kappa shape index (κ3) is 5.73. The molecule has 0 atom stereocenters. The van der Waals surface area contributed by atoms with Crippen LogP contribution >= 0.6 is 23.4 Å². The summed E-state index contributed by atoms with van der Waals surface area (Å²) in [5.74, 6) is 0.419. The maximum Gasteiger partial charge on any atom is 0.257 e. The van der Waals surface area contributed by atoms with Crippen LogP contribution in [-0.4, -0.2) is 29.3 Å². The zero-order valence-corrected chi connectivity index (χ0v) is 17.1. The molecule has 0 fully saturated rings. The summed E-state index contributed by atoms with van der Waals surface area (Å²) in [5.41, 5.74) is 1.17. The number of pyridine rings is 1. The van der Waals surface area contributed by atoms with Crippen LogP contribution in [0.1, 0.15) is 28.4 Å².